The van der Waals surface area contributed by atoms with Gasteiger partial charge in [-0.2, -0.15) is 0 Å². The van der Waals surface area contributed by atoms with E-state index in [-0.39, 0.29) is 31.1 Å². The van der Waals surface area contributed by atoms with Crippen molar-refractivity contribution in [3.05, 3.63) is 60.8 Å². The standard InChI is InChI=1S/C76H138O6/c1-4-7-10-13-16-19-22-25-27-29-30-31-32-33-34-35-36-37-38-39-40-41-42-43-44-45-46-48-49-51-54-57-60-63-66-69-75(78)81-72-73(71-80-74(77)68-65-62-59-56-53-24-21-18-15-12-9-6-3)82-76(79)70-67-64-61-58-55-52-50-47-28-26-23-20-17-14-11-8-5-2/h8,11,17,20,26,28-30,50,52,73H,4-7,9-10,12-16,18-19,21-25,27,31-49,51,53-72H2,1-3H3/b11-8-,20-17-,28-26-,30-29-,52-50-. The van der Waals surface area contributed by atoms with Gasteiger partial charge in [0, 0.05) is 19.3 Å². The predicted octanol–water partition coefficient (Wildman–Crippen LogP) is 25.1. The first-order valence-corrected chi connectivity index (χ1v) is 36.3. The number of unbranched alkanes of at least 4 members (excludes halogenated alkanes) is 46. The Balaban J connectivity index is 4.08. The van der Waals surface area contributed by atoms with Gasteiger partial charge in [-0.3, -0.25) is 14.4 Å². The van der Waals surface area contributed by atoms with Crippen LogP contribution in [0.15, 0.2) is 60.8 Å². The van der Waals surface area contributed by atoms with Crippen molar-refractivity contribution in [1.82, 2.24) is 0 Å². The van der Waals surface area contributed by atoms with Gasteiger partial charge in [-0.05, 0) is 83.5 Å². The molecule has 0 spiro atoms. The van der Waals surface area contributed by atoms with Crippen molar-refractivity contribution in [2.45, 2.75) is 393 Å². The zero-order valence-corrected chi connectivity index (χ0v) is 55.0. The lowest BCUT2D eigenvalue weighted by molar-refractivity contribution is -0.167. The maximum atomic E-state index is 12.9. The molecule has 0 fully saturated rings. The quantitative estimate of drug-likeness (QED) is 0.0261. The summed E-state index contributed by atoms with van der Waals surface area (Å²) in [5.74, 6) is -0.882. The van der Waals surface area contributed by atoms with Crippen LogP contribution >= 0.6 is 0 Å². The van der Waals surface area contributed by atoms with E-state index >= 15 is 0 Å². The Morgan fingerprint density at radius 2 is 0.476 bits per heavy atom. The van der Waals surface area contributed by atoms with Gasteiger partial charge in [0.15, 0.2) is 6.10 Å². The second kappa shape index (κ2) is 70.6. The van der Waals surface area contributed by atoms with Gasteiger partial charge in [0.25, 0.3) is 0 Å². The van der Waals surface area contributed by atoms with Gasteiger partial charge in [0.05, 0.1) is 0 Å². The number of carbonyl (C=O) groups is 3. The first-order chi connectivity index (χ1) is 40.5. The Hall–Kier alpha value is -2.89. The third-order valence-electron chi connectivity index (χ3n) is 16.3. The smallest absolute Gasteiger partial charge is 0.306 e. The predicted molar refractivity (Wildman–Crippen MR) is 358 cm³/mol. The molecular weight excluding hydrogens is 1010 g/mol. The summed E-state index contributed by atoms with van der Waals surface area (Å²) in [6.07, 6.45) is 91.4. The zero-order valence-electron chi connectivity index (χ0n) is 55.0. The van der Waals surface area contributed by atoms with Crippen LogP contribution in [0.1, 0.15) is 387 Å². The first kappa shape index (κ1) is 79.1. The topological polar surface area (TPSA) is 78.9 Å². The maximum Gasteiger partial charge on any atom is 0.306 e. The molecular formula is C76H138O6. The molecule has 0 heterocycles. The monoisotopic (exact) mass is 1150 g/mol. The lowest BCUT2D eigenvalue weighted by atomic mass is 10.0. The molecule has 0 rings (SSSR count). The average Bonchev–Trinajstić information content (AvgIpc) is 3.47. The van der Waals surface area contributed by atoms with Crippen LogP contribution in [0.3, 0.4) is 0 Å². The summed E-state index contributed by atoms with van der Waals surface area (Å²) in [6, 6.07) is 0. The van der Waals surface area contributed by atoms with Gasteiger partial charge in [0.2, 0.25) is 0 Å². The molecule has 0 aromatic carbocycles. The average molecular weight is 1150 g/mol. The largest absolute Gasteiger partial charge is 0.462 e. The molecule has 0 radical (unpaired) electrons. The van der Waals surface area contributed by atoms with E-state index < -0.39 is 6.10 Å². The van der Waals surface area contributed by atoms with Crippen LogP contribution in [-0.2, 0) is 28.6 Å². The minimum absolute atomic E-state index is 0.0795. The molecule has 1 unspecified atom stereocenters. The fourth-order valence-corrected chi connectivity index (χ4v) is 10.8. The van der Waals surface area contributed by atoms with E-state index in [9.17, 15) is 14.4 Å². The number of hydrogen-bond donors (Lipinski definition) is 0. The molecule has 0 aromatic rings. The fraction of sp³-hybridized carbons (Fsp3) is 0.829. The molecule has 0 aromatic heterocycles. The van der Waals surface area contributed by atoms with Crippen molar-refractivity contribution >= 4 is 17.9 Å². The van der Waals surface area contributed by atoms with Crippen LogP contribution in [0, 0.1) is 0 Å². The van der Waals surface area contributed by atoms with Crippen LogP contribution < -0.4 is 0 Å². The molecule has 6 heteroatoms. The van der Waals surface area contributed by atoms with E-state index in [1.54, 1.807) is 0 Å². The van der Waals surface area contributed by atoms with E-state index in [0.717, 1.165) is 96.3 Å². The van der Waals surface area contributed by atoms with Crippen molar-refractivity contribution < 1.29 is 28.6 Å². The third kappa shape index (κ3) is 67.9. The van der Waals surface area contributed by atoms with Crippen LogP contribution in [-0.4, -0.2) is 37.2 Å². The summed E-state index contributed by atoms with van der Waals surface area (Å²) < 4.78 is 16.9. The van der Waals surface area contributed by atoms with Crippen LogP contribution in [0.2, 0.25) is 0 Å². The van der Waals surface area contributed by atoms with E-state index in [1.165, 1.54) is 250 Å². The SMILES string of the molecule is CC/C=C\C/C=C\C/C=C\C/C=C\CCCCCCC(=O)OC(COC(=O)CCCCCCCCCCCCCC)COC(=O)CCCCCCCCCCCCCCCCCCCCCCCCC/C=C\CCCCCCCCCC. The van der Waals surface area contributed by atoms with Gasteiger partial charge >= 0.3 is 17.9 Å². The second-order valence-electron chi connectivity index (χ2n) is 24.5. The summed E-state index contributed by atoms with van der Waals surface area (Å²) >= 11 is 0. The molecule has 82 heavy (non-hydrogen) atoms. The molecule has 0 amide bonds. The lowest BCUT2D eigenvalue weighted by Crippen LogP contribution is -2.30. The molecule has 0 aliphatic carbocycles. The molecule has 0 saturated carbocycles. The number of esters is 3. The van der Waals surface area contributed by atoms with Gasteiger partial charge in [0.1, 0.15) is 13.2 Å². The molecule has 0 N–H and O–H groups in total. The van der Waals surface area contributed by atoms with Gasteiger partial charge in [-0.25, -0.2) is 0 Å². The normalized spacial score (nSPS) is 12.4. The molecule has 0 saturated heterocycles. The minimum atomic E-state index is -0.785. The maximum absolute atomic E-state index is 12.9. The Kier molecular flexibility index (Phi) is 68.1. The van der Waals surface area contributed by atoms with Crippen molar-refractivity contribution in [3.63, 3.8) is 0 Å². The van der Waals surface area contributed by atoms with Gasteiger partial charge in [-0.15, -0.1) is 0 Å². The Morgan fingerprint density at radius 3 is 0.756 bits per heavy atom. The lowest BCUT2D eigenvalue weighted by Gasteiger charge is -2.18. The highest BCUT2D eigenvalue weighted by Crippen LogP contribution is 2.18. The molecule has 0 aliphatic heterocycles. The van der Waals surface area contributed by atoms with Crippen molar-refractivity contribution in [3.8, 4) is 0 Å². The first-order valence-electron chi connectivity index (χ1n) is 36.3. The number of allylic oxidation sites excluding steroid dienone is 10. The second-order valence-corrected chi connectivity index (χ2v) is 24.5. The summed E-state index contributed by atoms with van der Waals surface area (Å²) in [5.41, 5.74) is 0. The highest BCUT2D eigenvalue weighted by molar-refractivity contribution is 5.71. The number of rotatable bonds is 67. The van der Waals surface area contributed by atoms with Crippen molar-refractivity contribution in [2.75, 3.05) is 13.2 Å². The van der Waals surface area contributed by atoms with E-state index in [1.807, 2.05) is 0 Å². The highest BCUT2D eigenvalue weighted by Gasteiger charge is 2.19. The zero-order chi connectivity index (χ0) is 59.2. The Bertz CT molecular complexity index is 1460. The summed E-state index contributed by atoms with van der Waals surface area (Å²) in [5, 5.41) is 0. The highest BCUT2D eigenvalue weighted by atomic mass is 16.6. The molecule has 0 bridgehead atoms. The summed E-state index contributed by atoms with van der Waals surface area (Å²) in [7, 11) is 0. The minimum Gasteiger partial charge on any atom is -0.462 e. The fourth-order valence-electron chi connectivity index (χ4n) is 10.8. The molecule has 478 valence electrons. The van der Waals surface area contributed by atoms with E-state index in [2.05, 4.69) is 81.5 Å². The van der Waals surface area contributed by atoms with Gasteiger partial charge < -0.3 is 14.2 Å². The number of carbonyl (C=O) groups excluding carboxylic acids is 3. The Morgan fingerprint density at radius 1 is 0.256 bits per heavy atom. The molecule has 0 aliphatic rings. The summed E-state index contributed by atoms with van der Waals surface area (Å²) in [4.78, 5) is 38.3. The van der Waals surface area contributed by atoms with Crippen LogP contribution in [0.5, 0.6) is 0 Å². The van der Waals surface area contributed by atoms with Crippen LogP contribution in [0.4, 0.5) is 0 Å². The number of ether oxygens (including phenoxy) is 3. The van der Waals surface area contributed by atoms with Crippen molar-refractivity contribution in [1.29, 1.82) is 0 Å². The van der Waals surface area contributed by atoms with Crippen molar-refractivity contribution in [2.24, 2.45) is 0 Å². The third-order valence-corrected chi connectivity index (χ3v) is 16.3. The summed E-state index contributed by atoms with van der Waals surface area (Å²) in [6.45, 7) is 6.56. The molecule has 6 nitrogen and oxygen atoms in total. The van der Waals surface area contributed by atoms with Gasteiger partial charge in [-0.1, -0.05) is 345 Å². The molecule has 1 atom stereocenters. The van der Waals surface area contributed by atoms with E-state index in [4.69, 9.17) is 14.2 Å². The number of hydrogen-bond acceptors (Lipinski definition) is 6. The van der Waals surface area contributed by atoms with Crippen LogP contribution in [0.25, 0.3) is 0 Å². The Labute approximate surface area is 510 Å². The van der Waals surface area contributed by atoms with E-state index in [0.29, 0.717) is 19.3 Å².